The smallest absolute Gasteiger partial charge is 0.220 e. The Bertz CT molecular complexity index is 300. The summed E-state index contributed by atoms with van der Waals surface area (Å²) < 4.78 is 0. The van der Waals surface area contributed by atoms with Crippen LogP contribution in [0, 0.1) is 0 Å². The second-order valence-corrected chi connectivity index (χ2v) is 6.99. The molecule has 0 fully saturated rings. The van der Waals surface area contributed by atoms with Gasteiger partial charge in [-0.2, -0.15) is 0 Å². The highest BCUT2D eigenvalue weighted by atomic mass is 16.3. The third-order valence-electron chi connectivity index (χ3n) is 4.26. The van der Waals surface area contributed by atoms with Crippen molar-refractivity contribution < 1.29 is 9.90 Å². The number of carbonyl (C=O) groups is 1. The Morgan fingerprint density at radius 1 is 0.875 bits per heavy atom. The summed E-state index contributed by atoms with van der Waals surface area (Å²) in [7, 11) is 0. The summed E-state index contributed by atoms with van der Waals surface area (Å²) in [6, 6.07) is 0. The van der Waals surface area contributed by atoms with Crippen LogP contribution in [0.25, 0.3) is 0 Å². The first-order valence-electron chi connectivity index (χ1n) is 10.3. The fourth-order valence-corrected chi connectivity index (χ4v) is 2.71. The van der Waals surface area contributed by atoms with E-state index in [2.05, 4.69) is 24.4 Å². The second kappa shape index (κ2) is 18.5. The standard InChI is InChI=1S/C21H41NO2/c1-3-4-5-6-7-8-9-10-11-12-13-14-15-16-17-18-21(24)22-19-20(2)23/h10-11,20,23H,3-9,12-19H2,1-2H3,(H,22,24)/b11-10-/t20-/m0/s1. The molecule has 0 aromatic heterocycles. The van der Waals surface area contributed by atoms with Crippen LogP contribution in [-0.4, -0.2) is 23.7 Å². The molecule has 0 aliphatic rings. The molecule has 0 unspecified atom stereocenters. The maximum atomic E-state index is 11.5. The number of rotatable bonds is 17. The van der Waals surface area contributed by atoms with Gasteiger partial charge in [0, 0.05) is 13.0 Å². The van der Waals surface area contributed by atoms with E-state index >= 15 is 0 Å². The second-order valence-electron chi connectivity index (χ2n) is 6.99. The Balaban J connectivity index is 3.19. The van der Waals surface area contributed by atoms with Gasteiger partial charge in [0.25, 0.3) is 0 Å². The Morgan fingerprint density at radius 3 is 1.92 bits per heavy atom. The molecular weight excluding hydrogens is 298 g/mol. The minimum Gasteiger partial charge on any atom is -0.392 e. The van der Waals surface area contributed by atoms with Crippen LogP contribution in [-0.2, 0) is 4.79 Å². The van der Waals surface area contributed by atoms with E-state index in [1.54, 1.807) is 6.92 Å². The van der Waals surface area contributed by atoms with Crippen LogP contribution in [0.5, 0.6) is 0 Å². The van der Waals surface area contributed by atoms with Crippen LogP contribution in [0.4, 0.5) is 0 Å². The van der Waals surface area contributed by atoms with Crippen molar-refractivity contribution in [2.75, 3.05) is 6.54 Å². The molecule has 0 aliphatic heterocycles. The van der Waals surface area contributed by atoms with Gasteiger partial charge in [-0.05, 0) is 39.0 Å². The van der Waals surface area contributed by atoms with Gasteiger partial charge in [0.05, 0.1) is 6.10 Å². The van der Waals surface area contributed by atoms with E-state index in [-0.39, 0.29) is 5.91 Å². The summed E-state index contributed by atoms with van der Waals surface area (Å²) in [5.74, 6) is 0.0635. The van der Waals surface area contributed by atoms with E-state index in [0.29, 0.717) is 13.0 Å². The van der Waals surface area contributed by atoms with Crippen molar-refractivity contribution >= 4 is 5.91 Å². The molecule has 0 radical (unpaired) electrons. The molecule has 0 rings (SSSR count). The molecule has 0 aromatic carbocycles. The van der Waals surface area contributed by atoms with Gasteiger partial charge in [-0.3, -0.25) is 4.79 Å². The molecule has 3 nitrogen and oxygen atoms in total. The van der Waals surface area contributed by atoms with Gasteiger partial charge in [-0.25, -0.2) is 0 Å². The number of aliphatic hydroxyl groups excluding tert-OH is 1. The average molecular weight is 340 g/mol. The molecule has 0 aromatic rings. The SMILES string of the molecule is CCCCCCCC/C=C\CCCCCCCC(=O)NC[C@H](C)O. The van der Waals surface area contributed by atoms with Crippen LogP contribution in [0.2, 0.25) is 0 Å². The summed E-state index contributed by atoms with van der Waals surface area (Å²) >= 11 is 0. The fourth-order valence-electron chi connectivity index (χ4n) is 2.71. The normalized spacial score (nSPS) is 12.6. The number of allylic oxidation sites excluding steroid dienone is 2. The number of aliphatic hydroxyl groups is 1. The highest BCUT2D eigenvalue weighted by Gasteiger charge is 2.02. The third kappa shape index (κ3) is 19.2. The van der Waals surface area contributed by atoms with Crippen molar-refractivity contribution in [1.82, 2.24) is 5.32 Å². The highest BCUT2D eigenvalue weighted by molar-refractivity contribution is 5.75. The van der Waals surface area contributed by atoms with E-state index in [0.717, 1.165) is 12.8 Å². The molecule has 142 valence electrons. The van der Waals surface area contributed by atoms with Gasteiger partial charge in [-0.1, -0.05) is 70.4 Å². The van der Waals surface area contributed by atoms with Gasteiger partial charge in [0.1, 0.15) is 0 Å². The predicted molar refractivity (Wildman–Crippen MR) is 104 cm³/mol. The minimum atomic E-state index is -0.455. The summed E-state index contributed by atoms with van der Waals surface area (Å²) in [6.45, 7) is 4.31. The van der Waals surface area contributed by atoms with Crippen molar-refractivity contribution in [2.24, 2.45) is 0 Å². The zero-order valence-corrected chi connectivity index (χ0v) is 16.2. The molecular formula is C21H41NO2. The number of carbonyl (C=O) groups excluding carboxylic acids is 1. The zero-order chi connectivity index (χ0) is 17.9. The van der Waals surface area contributed by atoms with E-state index < -0.39 is 6.10 Å². The Hall–Kier alpha value is -0.830. The Kier molecular flexibility index (Phi) is 17.9. The molecule has 0 saturated carbocycles. The predicted octanol–water partition coefficient (Wildman–Crippen LogP) is 5.52. The number of hydrogen-bond donors (Lipinski definition) is 2. The Labute approximate surface area is 150 Å². The minimum absolute atomic E-state index is 0.0635. The van der Waals surface area contributed by atoms with Crippen LogP contribution >= 0.6 is 0 Å². The monoisotopic (exact) mass is 339 g/mol. The molecule has 1 atom stereocenters. The summed E-state index contributed by atoms with van der Waals surface area (Å²) in [4.78, 5) is 11.5. The number of hydrogen-bond acceptors (Lipinski definition) is 2. The number of nitrogens with one attached hydrogen (secondary N) is 1. The van der Waals surface area contributed by atoms with E-state index in [1.165, 1.54) is 70.6 Å². The summed E-state index contributed by atoms with van der Waals surface area (Å²) in [5.41, 5.74) is 0. The van der Waals surface area contributed by atoms with E-state index in [4.69, 9.17) is 5.11 Å². The first-order valence-corrected chi connectivity index (χ1v) is 10.3. The molecule has 3 heteroatoms. The third-order valence-corrected chi connectivity index (χ3v) is 4.26. The average Bonchev–Trinajstić information content (AvgIpc) is 2.56. The molecule has 24 heavy (non-hydrogen) atoms. The van der Waals surface area contributed by atoms with Crippen molar-refractivity contribution in [1.29, 1.82) is 0 Å². The maximum absolute atomic E-state index is 11.5. The first-order chi connectivity index (χ1) is 11.7. The maximum Gasteiger partial charge on any atom is 0.220 e. The molecule has 0 spiro atoms. The van der Waals surface area contributed by atoms with Crippen molar-refractivity contribution in [3.8, 4) is 0 Å². The molecule has 0 saturated heterocycles. The lowest BCUT2D eigenvalue weighted by atomic mass is 10.1. The molecule has 0 bridgehead atoms. The highest BCUT2D eigenvalue weighted by Crippen LogP contribution is 2.09. The first kappa shape index (κ1) is 23.2. The molecule has 2 N–H and O–H groups in total. The van der Waals surface area contributed by atoms with Gasteiger partial charge in [-0.15, -0.1) is 0 Å². The zero-order valence-electron chi connectivity index (χ0n) is 16.2. The van der Waals surface area contributed by atoms with E-state index in [9.17, 15) is 4.79 Å². The largest absolute Gasteiger partial charge is 0.392 e. The lowest BCUT2D eigenvalue weighted by Gasteiger charge is -2.06. The van der Waals surface area contributed by atoms with Crippen LogP contribution < -0.4 is 5.32 Å². The lowest BCUT2D eigenvalue weighted by Crippen LogP contribution is -2.30. The van der Waals surface area contributed by atoms with Crippen LogP contribution in [0.3, 0.4) is 0 Å². The van der Waals surface area contributed by atoms with E-state index in [1.807, 2.05) is 0 Å². The summed E-state index contributed by atoms with van der Waals surface area (Å²) in [5, 5.41) is 11.8. The van der Waals surface area contributed by atoms with Gasteiger partial charge in [0.2, 0.25) is 5.91 Å². The van der Waals surface area contributed by atoms with Crippen molar-refractivity contribution in [3.63, 3.8) is 0 Å². The summed E-state index contributed by atoms with van der Waals surface area (Å²) in [6.07, 6.45) is 21.4. The van der Waals surface area contributed by atoms with Crippen LogP contribution in [0.15, 0.2) is 12.2 Å². The van der Waals surface area contributed by atoms with Gasteiger partial charge < -0.3 is 10.4 Å². The molecule has 0 heterocycles. The van der Waals surface area contributed by atoms with Gasteiger partial charge in [0.15, 0.2) is 0 Å². The topological polar surface area (TPSA) is 49.3 Å². The molecule has 0 aliphatic carbocycles. The van der Waals surface area contributed by atoms with Crippen LogP contribution in [0.1, 0.15) is 104 Å². The molecule has 1 amide bonds. The fraction of sp³-hybridized carbons (Fsp3) is 0.857. The number of unbranched alkanes of at least 4 members (excludes halogenated alkanes) is 11. The van der Waals surface area contributed by atoms with Crippen molar-refractivity contribution in [3.05, 3.63) is 12.2 Å². The Morgan fingerprint density at radius 2 is 1.38 bits per heavy atom. The lowest BCUT2D eigenvalue weighted by molar-refractivity contribution is -0.121. The van der Waals surface area contributed by atoms with Crippen molar-refractivity contribution in [2.45, 2.75) is 110 Å². The number of amides is 1. The quantitative estimate of drug-likeness (QED) is 0.271. The van der Waals surface area contributed by atoms with Gasteiger partial charge >= 0.3 is 0 Å².